The molecule has 0 radical (unpaired) electrons. The highest BCUT2D eigenvalue weighted by molar-refractivity contribution is 6.37. The van der Waals surface area contributed by atoms with Crippen LogP contribution in [0.5, 0.6) is 0 Å². The number of halogens is 1. The molecule has 1 heterocycles. The molecule has 3 saturated carbocycles. The van der Waals surface area contributed by atoms with Crippen LogP contribution in [0.4, 0.5) is 4.39 Å². The van der Waals surface area contributed by atoms with Crippen molar-refractivity contribution in [2.75, 3.05) is 7.11 Å². The van der Waals surface area contributed by atoms with Crippen LogP contribution in [0.2, 0.25) is 0 Å². The lowest BCUT2D eigenvalue weighted by atomic mass is 9.42. The maximum Gasteiger partial charge on any atom is 0.377 e. The number of allylic oxidation sites excluding steroid dienone is 1. The molecule has 1 aliphatic heterocycles. The van der Waals surface area contributed by atoms with Crippen molar-refractivity contribution in [3.8, 4) is 0 Å². The quantitative estimate of drug-likeness (QED) is 0.510. The number of fused-ring (bicyclic) bond motifs is 3. The lowest BCUT2D eigenvalue weighted by Crippen LogP contribution is -2.79. The van der Waals surface area contributed by atoms with Gasteiger partial charge in [0.15, 0.2) is 17.7 Å². The average molecular weight is 451 g/mol. The first-order chi connectivity index (χ1) is 14.9. The van der Waals surface area contributed by atoms with E-state index >= 15 is 4.39 Å². The Hall–Kier alpha value is -1.64. The molecular weight excluding hydrogens is 419 g/mol. The first-order valence-corrected chi connectivity index (χ1v) is 11.5. The molecule has 176 valence electrons. The maximum absolute atomic E-state index is 17.4. The zero-order valence-corrected chi connectivity index (χ0v) is 19.0. The Labute approximate surface area is 186 Å². The fourth-order valence-electron chi connectivity index (χ4n) is 8.24. The minimum atomic E-state index is -2.03. The van der Waals surface area contributed by atoms with Crippen LogP contribution >= 0.6 is 0 Å². The molecule has 0 amide bonds. The second kappa shape index (κ2) is 6.48. The van der Waals surface area contributed by atoms with Gasteiger partial charge in [-0.05, 0) is 51.5 Å². The smallest absolute Gasteiger partial charge is 0.377 e. The number of rotatable bonds is 2. The predicted molar refractivity (Wildman–Crippen MR) is 109 cm³/mol. The Bertz CT molecular complexity index is 947. The third kappa shape index (κ3) is 2.19. The summed E-state index contributed by atoms with van der Waals surface area (Å²) in [4.78, 5) is 37.7. The second-order valence-corrected chi connectivity index (χ2v) is 10.7. The first kappa shape index (κ1) is 22.2. The summed E-state index contributed by atoms with van der Waals surface area (Å²) >= 11 is 0. The van der Waals surface area contributed by atoms with E-state index in [1.54, 1.807) is 19.9 Å². The van der Waals surface area contributed by atoms with Gasteiger partial charge in [-0.2, -0.15) is 0 Å². The van der Waals surface area contributed by atoms with E-state index in [0.29, 0.717) is 25.7 Å². The minimum Gasteiger partial charge on any atom is -0.463 e. The molecule has 7 nitrogen and oxygen atoms in total. The number of ether oxygens (including phenoxy) is 3. The number of Topliss-reactive ketones (excluding diaryl/α,β-unsaturated/α-hetero) is 1. The highest BCUT2D eigenvalue weighted by Gasteiger charge is 2.83. The largest absolute Gasteiger partial charge is 0.463 e. The van der Waals surface area contributed by atoms with Crippen LogP contribution in [0.1, 0.15) is 65.7 Å². The van der Waals surface area contributed by atoms with Crippen molar-refractivity contribution in [3.63, 3.8) is 0 Å². The van der Waals surface area contributed by atoms with Crippen molar-refractivity contribution >= 4 is 17.5 Å². The summed E-state index contributed by atoms with van der Waals surface area (Å²) < 4.78 is 34.6. The molecule has 8 heteroatoms. The highest BCUT2D eigenvalue weighted by Crippen LogP contribution is 2.75. The number of hydrogen-bond acceptors (Lipinski definition) is 7. The fraction of sp³-hybridized carbons (Fsp3) is 0.792. The molecule has 2 bridgehead atoms. The number of methoxy groups -OCH3 is 1. The fourth-order valence-corrected chi connectivity index (χ4v) is 8.24. The summed E-state index contributed by atoms with van der Waals surface area (Å²) in [6.07, 6.45) is 1.25. The van der Waals surface area contributed by atoms with Crippen molar-refractivity contribution in [1.82, 2.24) is 0 Å². The molecular formula is C24H31FO7. The van der Waals surface area contributed by atoms with Gasteiger partial charge in [-0.1, -0.05) is 19.4 Å². The molecule has 4 fully saturated rings. The van der Waals surface area contributed by atoms with Crippen molar-refractivity contribution < 1.29 is 38.1 Å². The van der Waals surface area contributed by atoms with Gasteiger partial charge in [0.1, 0.15) is 5.60 Å². The Kier molecular flexibility index (Phi) is 4.49. The topological polar surface area (TPSA) is 99.1 Å². The van der Waals surface area contributed by atoms with Gasteiger partial charge in [0.2, 0.25) is 0 Å². The van der Waals surface area contributed by atoms with Gasteiger partial charge in [-0.25, -0.2) is 9.18 Å². The summed E-state index contributed by atoms with van der Waals surface area (Å²) in [5.41, 5.74) is -6.01. The van der Waals surface area contributed by atoms with Crippen LogP contribution in [0.15, 0.2) is 11.6 Å². The molecule has 1 N–H and O–H groups in total. The zero-order chi connectivity index (χ0) is 23.3. The van der Waals surface area contributed by atoms with Crippen LogP contribution in [0, 0.1) is 16.7 Å². The van der Waals surface area contributed by atoms with Crippen molar-refractivity contribution in [2.24, 2.45) is 16.7 Å². The van der Waals surface area contributed by atoms with Gasteiger partial charge in [-0.3, -0.25) is 9.59 Å². The highest BCUT2D eigenvalue weighted by atomic mass is 19.1. The first-order valence-electron chi connectivity index (χ1n) is 11.5. The standard InChI is InChI=1S/C24H31FO7/c1-13-31-22-9-10-23(32-13,18(28)19(29)30-4)21(22,3)12-17(27)24(25)16(22)6-5-14-11-15(26)7-8-20(14,24)2/h11,13,16-17,27H,5-10,12H2,1-4H3/t13?,16-,17-,20-,21-,22+,23+,24-/m0/s1. The van der Waals surface area contributed by atoms with E-state index in [1.165, 1.54) is 0 Å². The van der Waals surface area contributed by atoms with Gasteiger partial charge in [0.25, 0.3) is 5.78 Å². The summed E-state index contributed by atoms with van der Waals surface area (Å²) in [6, 6.07) is 0. The second-order valence-electron chi connectivity index (χ2n) is 10.7. The van der Waals surface area contributed by atoms with Gasteiger partial charge in [-0.15, -0.1) is 0 Å². The van der Waals surface area contributed by atoms with E-state index in [2.05, 4.69) is 0 Å². The average Bonchev–Trinajstić information content (AvgIpc) is 2.87. The number of aliphatic hydroxyl groups is 1. The Balaban J connectivity index is 1.69. The third-order valence-corrected chi connectivity index (χ3v) is 9.77. The maximum atomic E-state index is 17.4. The number of aliphatic hydroxyl groups excluding tert-OH is 1. The molecule has 32 heavy (non-hydrogen) atoms. The molecule has 0 aromatic rings. The molecule has 5 rings (SSSR count). The minimum absolute atomic E-state index is 0.00711. The van der Waals surface area contributed by atoms with Crippen LogP contribution in [-0.4, -0.2) is 59.0 Å². The Morgan fingerprint density at radius 1 is 1.19 bits per heavy atom. The van der Waals surface area contributed by atoms with E-state index in [1.807, 2.05) is 6.92 Å². The van der Waals surface area contributed by atoms with Crippen LogP contribution in [0.25, 0.3) is 0 Å². The molecule has 1 saturated heterocycles. The van der Waals surface area contributed by atoms with E-state index in [-0.39, 0.29) is 25.0 Å². The number of esters is 1. The molecule has 1 unspecified atom stereocenters. The number of hydrogen-bond donors (Lipinski definition) is 1. The Morgan fingerprint density at radius 2 is 1.91 bits per heavy atom. The molecule has 0 spiro atoms. The molecule has 0 aromatic carbocycles. The van der Waals surface area contributed by atoms with Gasteiger partial charge in [0.05, 0.1) is 18.8 Å². The zero-order valence-electron chi connectivity index (χ0n) is 19.0. The van der Waals surface area contributed by atoms with Crippen molar-refractivity contribution in [1.29, 1.82) is 0 Å². The SMILES string of the molecule is COC(=O)C(=O)[C@@]12CC[C@@]3(OC(C)O1)[C@@H]1CCC4=CC(=O)CC[C@]4(C)[C@@]1(F)[C@@H](O)C[C@]23C. The van der Waals surface area contributed by atoms with Gasteiger partial charge < -0.3 is 19.3 Å². The summed E-state index contributed by atoms with van der Waals surface area (Å²) in [7, 11) is 1.15. The lowest BCUT2D eigenvalue weighted by molar-refractivity contribution is -0.385. The molecule has 0 aromatic heterocycles. The van der Waals surface area contributed by atoms with Gasteiger partial charge >= 0.3 is 5.97 Å². The predicted octanol–water partition coefficient (Wildman–Crippen LogP) is 2.58. The number of alkyl halides is 1. The monoisotopic (exact) mass is 450 g/mol. The van der Waals surface area contributed by atoms with Crippen LogP contribution in [-0.2, 0) is 28.6 Å². The van der Waals surface area contributed by atoms with E-state index in [0.717, 1.165) is 12.7 Å². The third-order valence-electron chi connectivity index (χ3n) is 9.77. The lowest BCUT2D eigenvalue weighted by Gasteiger charge is -2.69. The van der Waals surface area contributed by atoms with E-state index < -0.39 is 57.8 Å². The molecule has 5 aliphatic rings. The van der Waals surface area contributed by atoms with Crippen LogP contribution in [0.3, 0.4) is 0 Å². The molecule has 4 aliphatic carbocycles. The summed E-state index contributed by atoms with van der Waals surface area (Å²) in [5.74, 6) is -2.52. The summed E-state index contributed by atoms with van der Waals surface area (Å²) in [5, 5.41) is 11.4. The van der Waals surface area contributed by atoms with E-state index in [4.69, 9.17) is 14.2 Å². The number of ketones is 2. The number of carbonyl (C=O) groups is 3. The van der Waals surface area contributed by atoms with E-state index in [9.17, 15) is 19.5 Å². The normalized spacial score (nSPS) is 51.8. The summed E-state index contributed by atoms with van der Waals surface area (Å²) in [6.45, 7) is 5.25. The Morgan fingerprint density at radius 3 is 2.59 bits per heavy atom. The van der Waals surface area contributed by atoms with Crippen molar-refractivity contribution in [2.45, 2.75) is 95.0 Å². The van der Waals surface area contributed by atoms with Crippen LogP contribution < -0.4 is 0 Å². The van der Waals surface area contributed by atoms with Gasteiger partial charge in [0, 0.05) is 23.2 Å². The molecule has 8 atom stereocenters. The number of carbonyl (C=O) groups excluding carboxylic acids is 3. The van der Waals surface area contributed by atoms with Crippen molar-refractivity contribution in [3.05, 3.63) is 11.6 Å².